The molecule has 4 heteroatoms. The predicted molar refractivity (Wildman–Crippen MR) is 77.8 cm³/mol. The Bertz CT molecular complexity index is 671. The second-order valence-corrected chi connectivity index (χ2v) is 5.29. The van der Waals surface area contributed by atoms with E-state index in [0.717, 1.165) is 16.8 Å². The zero-order valence-electron chi connectivity index (χ0n) is 11.4. The number of hydroxylamine groups is 1. The van der Waals surface area contributed by atoms with Crippen LogP contribution in [0, 0.1) is 0 Å². The van der Waals surface area contributed by atoms with E-state index in [9.17, 15) is 4.79 Å². The molecule has 2 aliphatic rings. The molecule has 4 rings (SSSR count). The number of carbonyl (C=O) groups excluding carboxylic acids is 1. The zero-order valence-corrected chi connectivity index (χ0v) is 11.4. The van der Waals surface area contributed by atoms with Gasteiger partial charge in [0.05, 0.1) is 12.3 Å². The molecule has 0 unspecified atom stereocenters. The first kappa shape index (κ1) is 12.6. The molecule has 1 saturated heterocycles. The molecule has 0 N–H and O–H groups in total. The first-order chi connectivity index (χ1) is 10.3. The number of fused-ring (bicyclic) bond motifs is 4. The van der Waals surface area contributed by atoms with Crippen LogP contribution in [0.2, 0.25) is 0 Å². The Morgan fingerprint density at radius 1 is 1.10 bits per heavy atom. The summed E-state index contributed by atoms with van der Waals surface area (Å²) in [7, 11) is 0. The average molecular weight is 281 g/mol. The van der Waals surface area contributed by atoms with Crippen molar-refractivity contribution in [2.75, 3.05) is 5.06 Å². The molecule has 2 aromatic rings. The lowest BCUT2D eigenvalue weighted by Gasteiger charge is -2.28. The number of ether oxygens (including phenoxy) is 1. The summed E-state index contributed by atoms with van der Waals surface area (Å²) in [6, 6.07) is 17.5. The van der Waals surface area contributed by atoms with Crippen LogP contribution in [0.3, 0.4) is 0 Å². The van der Waals surface area contributed by atoms with Gasteiger partial charge in [-0.3, -0.25) is 9.63 Å². The maximum atomic E-state index is 12.3. The summed E-state index contributed by atoms with van der Waals surface area (Å²) < 4.78 is 5.96. The number of rotatable bonds is 3. The van der Waals surface area contributed by atoms with E-state index < -0.39 is 6.10 Å². The summed E-state index contributed by atoms with van der Waals surface area (Å²) >= 11 is 0. The Labute approximate surface area is 122 Å². The van der Waals surface area contributed by atoms with Crippen molar-refractivity contribution in [2.45, 2.75) is 25.4 Å². The van der Waals surface area contributed by atoms with E-state index in [0.29, 0.717) is 13.0 Å². The van der Waals surface area contributed by atoms with Crippen LogP contribution < -0.4 is 5.06 Å². The summed E-state index contributed by atoms with van der Waals surface area (Å²) in [5.41, 5.74) is 2.63. The minimum Gasteiger partial charge on any atom is -0.351 e. The highest BCUT2D eigenvalue weighted by molar-refractivity contribution is 6.06. The van der Waals surface area contributed by atoms with Gasteiger partial charge in [-0.15, -0.1) is 0 Å². The number of Topliss-reactive ketones (excluding diaryl/α,β-unsaturated/α-hetero) is 1. The van der Waals surface area contributed by atoms with Crippen molar-refractivity contribution in [1.29, 1.82) is 0 Å². The van der Waals surface area contributed by atoms with E-state index in [-0.39, 0.29) is 12.0 Å². The number of benzene rings is 2. The fourth-order valence-corrected chi connectivity index (χ4v) is 2.84. The van der Waals surface area contributed by atoms with E-state index >= 15 is 0 Å². The fourth-order valence-electron chi connectivity index (χ4n) is 2.84. The minimum absolute atomic E-state index is 0.0488. The van der Waals surface area contributed by atoms with Crippen molar-refractivity contribution < 1.29 is 14.4 Å². The maximum Gasteiger partial charge on any atom is 0.196 e. The summed E-state index contributed by atoms with van der Waals surface area (Å²) in [6.45, 7) is 0.508. The molecule has 2 atom stereocenters. The van der Waals surface area contributed by atoms with E-state index in [2.05, 4.69) is 0 Å². The summed E-state index contributed by atoms with van der Waals surface area (Å²) in [5, 5.41) is 1.74. The molecule has 2 aliphatic heterocycles. The number of anilines is 1. The van der Waals surface area contributed by atoms with Crippen molar-refractivity contribution in [3.8, 4) is 0 Å². The van der Waals surface area contributed by atoms with E-state index in [1.165, 1.54) is 0 Å². The first-order valence-electron chi connectivity index (χ1n) is 7.08. The minimum atomic E-state index is -0.416. The van der Waals surface area contributed by atoms with Gasteiger partial charge in [0.2, 0.25) is 0 Å². The van der Waals surface area contributed by atoms with Gasteiger partial charge in [0.15, 0.2) is 18.1 Å². The van der Waals surface area contributed by atoms with Gasteiger partial charge in [-0.25, -0.2) is 5.06 Å². The van der Waals surface area contributed by atoms with E-state index in [1.807, 2.05) is 54.6 Å². The lowest BCUT2D eigenvalue weighted by molar-refractivity contribution is 0.00496. The largest absolute Gasteiger partial charge is 0.351 e. The van der Waals surface area contributed by atoms with Crippen LogP contribution in [0.5, 0.6) is 0 Å². The number of nitrogens with zero attached hydrogens (tertiary/aromatic N) is 1. The number of carbonyl (C=O) groups is 1. The van der Waals surface area contributed by atoms with Gasteiger partial charge in [-0.1, -0.05) is 42.5 Å². The molecule has 106 valence electrons. The Morgan fingerprint density at radius 2 is 1.86 bits per heavy atom. The average Bonchev–Trinajstić information content (AvgIpc) is 2.93. The molecular formula is C17H15NO3. The number of ketones is 1. The van der Waals surface area contributed by atoms with Crippen molar-refractivity contribution in [2.24, 2.45) is 0 Å². The van der Waals surface area contributed by atoms with Crippen molar-refractivity contribution in [3.05, 3.63) is 65.7 Å². The highest BCUT2D eigenvalue weighted by atomic mass is 16.7. The third-order valence-electron chi connectivity index (χ3n) is 3.90. The molecule has 0 radical (unpaired) electrons. The quantitative estimate of drug-likeness (QED) is 0.867. The molecule has 0 spiro atoms. The smallest absolute Gasteiger partial charge is 0.196 e. The topological polar surface area (TPSA) is 38.8 Å². The monoisotopic (exact) mass is 281 g/mol. The molecule has 4 nitrogen and oxygen atoms in total. The lowest BCUT2D eigenvalue weighted by atomic mass is 10.0. The standard InChI is InChI=1S/C17H15NO3/c19-17-13-8-4-5-9-14(13)18-16(10-15(17)21-18)20-11-12-6-2-1-3-7-12/h1-9,15-16H,10-11H2/t15-,16+/m0/s1. The maximum absolute atomic E-state index is 12.3. The Kier molecular flexibility index (Phi) is 2.98. The number of hydrogen-bond donors (Lipinski definition) is 0. The number of hydrogen-bond acceptors (Lipinski definition) is 4. The normalized spacial score (nSPS) is 23.2. The van der Waals surface area contributed by atoms with Gasteiger partial charge in [-0.2, -0.15) is 0 Å². The Morgan fingerprint density at radius 3 is 2.71 bits per heavy atom. The first-order valence-corrected chi connectivity index (χ1v) is 7.08. The zero-order chi connectivity index (χ0) is 14.2. The van der Waals surface area contributed by atoms with Crippen LogP contribution in [0.15, 0.2) is 54.6 Å². The van der Waals surface area contributed by atoms with Crippen LogP contribution in [-0.2, 0) is 16.2 Å². The van der Waals surface area contributed by atoms with Crippen molar-refractivity contribution >= 4 is 11.5 Å². The molecule has 0 saturated carbocycles. The second kappa shape index (κ2) is 4.98. The fraction of sp³-hybridized carbons (Fsp3) is 0.235. The van der Waals surface area contributed by atoms with Crippen LogP contribution in [-0.4, -0.2) is 18.1 Å². The Balaban J connectivity index is 1.56. The molecular weight excluding hydrogens is 266 g/mol. The SMILES string of the molecule is O=C1c2ccccc2N2O[C@H]1C[C@H]2OCc1ccccc1. The molecule has 0 amide bonds. The van der Waals surface area contributed by atoms with Gasteiger partial charge in [0.25, 0.3) is 0 Å². The molecule has 2 aromatic carbocycles. The van der Waals surface area contributed by atoms with Gasteiger partial charge >= 0.3 is 0 Å². The van der Waals surface area contributed by atoms with Crippen LogP contribution in [0.25, 0.3) is 0 Å². The summed E-state index contributed by atoms with van der Waals surface area (Å²) in [6.07, 6.45) is -0.0659. The third kappa shape index (κ3) is 2.13. The van der Waals surface area contributed by atoms with Gasteiger partial charge in [-0.05, 0) is 17.7 Å². The predicted octanol–water partition coefficient (Wildman–Crippen LogP) is 2.94. The molecule has 21 heavy (non-hydrogen) atoms. The highest BCUT2D eigenvalue weighted by Gasteiger charge is 2.44. The summed E-state index contributed by atoms with van der Waals surface area (Å²) in [4.78, 5) is 18.0. The van der Waals surface area contributed by atoms with E-state index in [1.54, 1.807) is 5.06 Å². The van der Waals surface area contributed by atoms with Gasteiger partial charge in [0, 0.05) is 12.0 Å². The highest BCUT2D eigenvalue weighted by Crippen LogP contribution is 2.38. The molecule has 2 heterocycles. The molecule has 1 fully saturated rings. The van der Waals surface area contributed by atoms with Crippen LogP contribution in [0.1, 0.15) is 22.3 Å². The van der Waals surface area contributed by atoms with Crippen LogP contribution in [0.4, 0.5) is 5.69 Å². The summed E-state index contributed by atoms with van der Waals surface area (Å²) in [5.74, 6) is 0.0488. The van der Waals surface area contributed by atoms with Gasteiger partial charge < -0.3 is 4.74 Å². The number of para-hydroxylation sites is 1. The second-order valence-electron chi connectivity index (χ2n) is 5.29. The molecule has 0 aromatic heterocycles. The Hall–Kier alpha value is -2.17. The van der Waals surface area contributed by atoms with E-state index in [4.69, 9.17) is 9.57 Å². The lowest BCUT2D eigenvalue weighted by Crippen LogP contribution is -2.35. The molecule has 2 bridgehead atoms. The van der Waals surface area contributed by atoms with Crippen molar-refractivity contribution in [3.63, 3.8) is 0 Å². The third-order valence-corrected chi connectivity index (χ3v) is 3.90. The van der Waals surface area contributed by atoms with Crippen LogP contribution >= 0.6 is 0 Å². The van der Waals surface area contributed by atoms with Gasteiger partial charge in [0.1, 0.15) is 0 Å². The molecule has 0 aliphatic carbocycles. The van der Waals surface area contributed by atoms with Crippen molar-refractivity contribution in [1.82, 2.24) is 0 Å².